The molecule has 1 aromatic carbocycles. The second kappa shape index (κ2) is 4.79. The highest BCUT2D eigenvalue weighted by Crippen LogP contribution is 2.27. The summed E-state index contributed by atoms with van der Waals surface area (Å²) in [5.74, 6) is 1.04. The molecule has 0 atom stereocenters. The number of aromatic amines is 1. The summed E-state index contributed by atoms with van der Waals surface area (Å²) in [7, 11) is 3.05. The molecule has 0 spiro atoms. The molecule has 6 heteroatoms. The van der Waals surface area contributed by atoms with Crippen LogP contribution in [-0.4, -0.2) is 29.3 Å². The Hall–Kier alpha value is -2.50. The smallest absolute Gasteiger partial charge is 0.254 e. The van der Waals surface area contributed by atoms with Crippen LogP contribution in [0.3, 0.4) is 0 Å². The van der Waals surface area contributed by atoms with E-state index in [1.165, 1.54) is 14.2 Å². The molecule has 6 nitrogen and oxygen atoms in total. The summed E-state index contributed by atoms with van der Waals surface area (Å²) in [5, 5.41) is 9.31. The van der Waals surface area contributed by atoms with Crippen molar-refractivity contribution < 1.29 is 14.6 Å². The number of hydrogen-bond donors (Lipinski definition) is 2. The van der Waals surface area contributed by atoms with Gasteiger partial charge in [0.2, 0.25) is 5.88 Å². The number of aromatic hydroxyl groups is 1. The van der Waals surface area contributed by atoms with Crippen LogP contribution >= 0.6 is 0 Å². The molecule has 0 aliphatic heterocycles. The first kappa shape index (κ1) is 12.0. The summed E-state index contributed by atoms with van der Waals surface area (Å²) in [5.41, 5.74) is 0.151. The van der Waals surface area contributed by atoms with Crippen LogP contribution < -0.4 is 15.0 Å². The number of nitrogens with zero attached hydrogens (tertiary/aromatic N) is 1. The lowest BCUT2D eigenvalue weighted by atomic mass is 10.2. The number of hydrogen-bond acceptors (Lipinski definition) is 5. The van der Waals surface area contributed by atoms with Gasteiger partial charge in [-0.05, 0) is 12.1 Å². The van der Waals surface area contributed by atoms with E-state index in [9.17, 15) is 9.90 Å². The van der Waals surface area contributed by atoms with Gasteiger partial charge in [-0.1, -0.05) is 0 Å². The molecule has 2 aromatic rings. The fraction of sp³-hybridized carbons (Fsp3) is 0.167. The lowest BCUT2D eigenvalue weighted by Crippen LogP contribution is -2.06. The van der Waals surface area contributed by atoms with Gasteiger partial charge in [0.15, 0.2) is 0 Å². The fourth-order valence-corrected chi connectivity index (χ4v) is 1.53. The van der Waals surface area contributed by atoms with Crippen LogP contribution in [0.15, 0.2) is 29.1 Å². The third-order valence-electron chi connectivity index (χ3n) is 2.35. The Morgan fingerprint density at radius 2 is 1.72 bits per heavy atom. The van der Waals surface area contributed by atoms with Crippen LogP contribution in [-0.2, 0) is 0 Å². The normalized spacial score (nSPS) is 10.1. The molecule has 1 heterocycles. The molecule has 1 aromatic heterocycles. The van der Waals surface area contributed by atoms with Crippen LogP contribution in [0, 0.1) is 0 Å². The third kappa shape index (κ3) is 2.42. The Kier molecular flexibility index (Phi) is 3.18. The van der Waals surface area contributed by atoms with Gasteiger partial charge in [0, 0.05) is 11.6 Å². The van der Waals surface area contributed by atoms with Crippen LogP contribution in [0.2, 0.25) is 0 Å². The maximum Gasteiger partial charge on any atom is 0.254 e. The SMILES string of the molecule is COc1cc(OC)cc(-c2nc(O)cc(=O)[nH]2)c1. The van der Waals surface area contributed by atoms with E-state index in [1.807, 2.05) is 0 Å². The highest BCUT2D eigenvalue weighted by atomic mass is 16.5. The molecule has 0 bridgehead atoms. The van der Waals surface area contributed by atoms with Gasteiger partial charge in [-0.25, -0.2) is 0 Å². The molecule has 0 saturated heterocycles. The van der Waals surface area contributed by atoms with Crippen molar-refractivity contribution in [1.29, 1.82) is 0 Å². The van der Waals surface area contributed by atoms with E-state index in [4.69, 9.17) is 9.47 Å². The van der Waals surface area contributed by atoms with Crippen molar-refractivity contribution in [2.45, 2.75) is 0 Å². The molecule has 2 N–H and O–H groups in total. The van der Waals surface area contributed by atoms with E-state index in [-0.39, 0.29) is 11.7 Å². The minimum absolute atomic E-state index is 0.247. The van der Waals surface area contributed by atoms with Crippen molar-refractivity contribution in [2.75, 3.05) is 14.2 Å². The molecule has 0 radical (unpaired) electrons. The van der Waals surface area contributed by atoms with Crippen LogP contribution in [0.1, 0.15) is 0 Å². The first-order valence-corrected chi connectivity index (χ1v) is 5.16. The summed E-state index contributed by atoms with van der Waals surface area (Å²) >= 11 is 0. The van der Waals surface area contributed by atoms with Gasteiger partial charge in [-0.15, -0.1) is 0 Å². The molecule has 2 rings (SSSR count). The standard InChI is InChI=1S/C12H12N2O4/c1-17-8-3-7(4-9(5-8)18-2)12-13-10(15)6-11(16)14-12/h3-6H,1-2H3,(H2,13,14,15,16). The zero-order chi connectivity index (χ0) is 13.1. The molecule has 0 fully saturated rings. The Morgan fingerprint density at radius 3 is 2.22 bits per heavy atom. The van der Waals surface area contributed by atoms with E-state index >= 15 is 0 Å². The molecule has 18 heavy (non-hydrogen) atoms. The van der Waals surface area contributed by atoms with E-state index in [2.05, 4.69) is 9.97 Å². The summed E-state index contributed by atoms with van der Waals surface area (Å²) < 4.78 is 10.2. The average Bonchev–Trinajstić information content (AvgIpc) is 2.37. The maximum absolute atomic E-state index is 11.3. The number of rotatable bonds is 3. The van der Waals surface area contributed by atoms with E-state index < -0.39 is 5.56 Å². The van der Waals surface area contributed by atoms with Crippen molar-refractivity contribution >= 4 is 0 Å². The van der Waals surface area contributed by atoms with Crippen molar-refractivity contribution in [3.05, 3.63) is 34.6 Å². The number of H-pyrrole nitrogens is 1. The topological polar surface area (TPSA) is 84.4 Å². The molecule has 94 valence electrons. The van der Waals surface area contributed by atoms with Crippen LogP contribution in [0.25, 0.3) is 11.4 Å². The van der Waals surface area contributed by atoms with Crippen LogP contribution in [0.5, 0.6) is 17.4 Å². The summed E-state index contributed by atoms with van der Waals surface area (Å²) in [6.45, 7) is 0. The number of methoxy groups -OCH3 is 2. The predicted octanol–water partition coefficient (Wildman–Crippen LogP) is 1.16. The third-order valence-corrected chi connectivity index (χ3v) is 2.35. The first-order chi connectivity index (χ1) is 8.62. The predicted molar refractivity (Wildman–Crippen MR) is 65.1 cm³/mol. The largest absolute Gasteiger partial charge is 0.497 e. The Labute approximate surface area is 103 Å². The van der Waals surface area contributed by atoms with Gasteiger partial charge in [-0.3, -0.25) is 4.79 Å². The molecule has 0 amide bonds. The lowest BCUT2D eigenvalue weighted by molar-refractivity contribution is 0.394. The maximum atomic E-state index is 11.3. The molecular weight excluding hydrogens is 236 g/mol. The second-order valence-electron chi connectivity index (χ2n) is 3.55. The number of nitrogens with one attached hydrogen (secondary N) is 1. The van der Waals surface area contributed by atoms with Crippen LogP contribution in [0.4, 0.5) is 0 Å². The van der Waals surface area contributed by atoms with Crippen molar-refractivity contribution in [3.63, 3.8) is 0 Å². The summed E-state index contributed by atoms with van der Waals surface area (Å²) in [6, 6.07) is 6.06. The molecule has 0 saturated carbocycles. The molecule has 0 aliphatic rings. The van der Waals surface area contributed by atoms with Gasteiger partial charge in [0.1, 0.15) is 17.3 Å². The van der Waals surface area contributed by atoms with Gasteiger partial charge in [0.25, 0.3) is 5.56 Å². The highest BCUT2D eigenvalue weighted by Gasteiger charge is 2.07. The minimum atomic E-state index is -0.431. The van der Waals surface area contributed by atoms with E-state index in [0.29, 0.717) is 17.1 Å². The Balaban J connectivity index is 2.58. The number of benzene rings is 1. The Bertz CT molecular complexity index is 599. The molecule has 0 unspecified atom stereocenters. The minimum Gasteiger partial charge on any atom is -0.497 e. The van der Waals surface area contributed by atoms with Gasteiger partial charge < -0.3 is 19.6 Å². The quantitative estimate of drug-likeness (QED) is 0.851. The number of aromatic nitrogens is 2. The average molecular weight is 248 g/mol. The highest BCUT2D eigenvalue weighted by molar-refractivity contribution is 5.61. The second-order valence-corrected chi connectivity index (χ2v) is 3.55. The summed E-state index contributed by atoms with van der Waals surface area (Å²) in [6.07, 6.45) is 0. The van der Waals surface area contributed by atoms with Crippen molar-refractivity contribution in [3.8, 4) is 28.8 Å². The molecular formula is C12H12N2O4. The monoisotopic (exact) mass is 248 g/mol. The van der Waals surface area contributed by atoms with Gasteiger partial charge >= 0.3 is 0 Å². The molecule has 0 aliphatic carbocycles. The van der Waals surface area contributed by atoms with E-state index in [0.717, 1.165) is 6.07 Å². The van der Waals surface area contributed by atoms with Gasteiger partial charge in [-0.2, -0.15) is 4.98 Å². The zero-order valence-corrected chi connectivity index (χ0v) is 9.93. The summed E-state index contributed by atoms with van der Waals surface area (Å²) in [4.78, 5) is 17.6. The lowest BCUT2D eigenvalue weighted by Gasteiger charge is -2.07. The van der Waals surface area contributed by atoms with Crippen molar-refractivity contribution in [2.24, 2.45) is 0 Å². The Morgan fingerprint density at radius 1 is 1.11 bits per heavy atom. The first-order valence-electron chi connectivity index (χ1n) is 5.16. The van der Waals surface area contributed by atoms with Gasteiger partial charge in [0.05, 0.1) is 20.3 Å². The number of ether oxygens (including phenoxy) is 2. The van der Waals surface area contributed by atoms with Crippen molar-refractivity contribution in [1.82, 2.24) is 9.97 Å². The fourth-order valence-electron chi connectivity index (χ4n) is 1.53. The van der Waals surface area contributed by atoms with E-state index in [1.54, 1.807) is 18.2 Å². The zero-order valence-electron chi connectivity index (χ0n) is 9.93.